The fourth-order valence-electron chi connectivity index (χ4n) is 2.98. The van der Waals surface area contributed by atoms with Crippen molar-refractivity contribution >= 4 is 23.4 Å². The molecule has 8 heteroatoms. The van der Waals surface area contributed by atoms with Crippen molar-refractivity contribution in [2.75, 3.05) is 32.7 Å². The molecule has 1 atom stereocenters. The van der Waals surface area contributed by atoms with Crippen LogP contribution in [0.2, 0.25) is 5.02 Å². The smallest absolute Gasteiger partial charge is 0.273 e. The highest BCUT2D eigenvalue weighted by Gasteiger charge is 2.37. The second kappa shape index (κ2) is 5.31. The molecule has 0 aromatic carbocycles. The number of carbonyl (C=O) groups excluding carboxylic acids is 2. The summed E-state index contributed by atoms with van der Waals surface area (Å²) in [5.41, 5.74) is 1.02. The summed E-state index contributed by atoms with van der Waals surface area (Å²) in [5, 5.41) is 7.40. The second-order valence-electron chi connectivity index (χ2n) is 5.47. The van der Waals surface area contributed by atoms with Crippen LogP contribution in [0.25, 0.3) is 0 Å². The van der Waals surface area contributed by atoms with E-state index in [9.17, 15) is 9.59 Å². The molecule has 1 aromatic heterocycles. The molecule has 0 bridgehead atoms. The van der Waals surface area contributed by atoms with E-state index < -0.39 is 0 Å². The van der Waals surface area contributed by atoms with E-state index in [0.717, 1.165) is 6.54 Å². The third-order valence-electron chi connectivity index (χ3n) is 4.13. The molecular weight excluding hydrogens is 294 g/mol. The van der Waals surface area contributed by atoms with Gasteiger partial charge in [-0.25, -0.2) is 0 Å². The summed E-state index contributed by atoms with van der Waals surface area (Å²) < 4.78 is 1.51. The molecule has 2 fully saturated rings. The van der Waals surface area contributed by atoms with Crippen molar-refractivity contribution in [3.63, 3.8) is 0 Å². The van der Waals surface area contributed by atoms with Gasteiger partial charge in [-0.05, 0) is 6.92 Å². The minimum Gasteiger partial charge on any atom is -0.353 e. The van der Waals surface area contributed by atoms with Crippen LogP contribution in [0.1, 0.15) is 16.2 Å². The number of rotatable bonds is 1. The third-order valence-corrected chi connectivity index (χ3v) is 4.58. The van der Waals surface area contributed by atoms with E-state index in [4.69, 9.17) is 11.6 Å². The average Bonchev–Trinajstić information content (AvgIpc) is 2.71. The summed E-state index contributed by atoms with van der Waals surface area (Å²) >= 11 is 6.17. The van der Waals surface area contributed by atoms with Crippen LogP contribution in [-0.4, -0.2) is 70.2 Å². The lowest BCUT2D eigenvalue weighted by Gasteiger charge is -2.42. The first-order valence-electron chi connectivity index (χ1n) is 6.99. The van der Waals surface area contributed by atoms with Gasteiger partial charge in [0.1, 0.15) is 11.7 Å². The van der Waals surface area contributed by atoms with Crippen LogP contribution in [-0.2, 0) is 11.8 Å². The highest BCUT2D eigenvalue weighted by atomic mass is 35.5. The normalized spacial score (nSPS) is 22.9. The van der Waals surface area contributed by atoms with Gasteiger partial charge in [-0.1, -0.05) is 11.6 Å². The third kappa shape index (κ3) is 2.40. The first-order chi connectivity index (χ1) is 9.99. The maximum absolute atomic E-state index is 12.7. The minimum absolute atomic E-state index is 0.00830. The molecule has 0 radical (unpaired) electrons. The van der Waals surface area contributed by atoms with E-state index in [1.54, 1.807) is 18.9 Å². The molecule has 0 saturated carbocycles. The summed E-state index contributed by atoms with van der Waals surface area (Å²) in [6.07, 6.45) is 0. The van der Waals surface area contributed by atoms with Crippen LogP contribution in [0.15, 0.2) is 0 Å². The summed E-state index contributed by atoms with van der Waals surface area (Å²) in [7, 11) is 1.70. The molecule has 2 saturated heterocycles. The van der Waals surface area contributed by atoms with Crippen LogP contribution in [0.5, 0.6) is 0 Å². The van der Waals surface area contributed by atoms with Crippen LogP contribution in [0.3, 0.4) is 0 Å². The molecule has 2 aliphatic heterocycles. The Balaban J connectivity index is 1.81. The van der Waals surface area contributed by atoms with Gasteiger partial charge in [-0.3, -0.25) is 19.2 Å². The molecule has 7 nitrogen and oxygen atoms in total. The molecule has 3 rings (SSSR count). The van der Waals surface area contributed by atoms with E-state index in [-0.39, 0.29) is 17.9 Å². The van der Waals surface area contributed by atoms with Crippen LogP contribution < -0.4 is 5.32 Å². The molecule has 3 heterocycles. The van der Waals surface area contributed by atoms with Crippen LogP contribution >= 0.6 is 11.6 Å². The van der Waals surface area contributed by atoms with Crippen molar-refractivity contribution in [2.24, 2.45) is 7.05 Å². The number of halogens is 1. The predicted octanol–water partition coefficient (Wildman–Crippen LogP) is -0.362. The Morgan fingerprint density at radius 1 is 1.38 bits per heavy atom. The standard InChI is InChI=1S/C13H18ClN5O2/c1-8-10(14)11(17(2)16-8)13(21)19-6-5-18-4-3-15-12(20)9(18)7-19/h9H,3-7H2,1-2H3,(H,15,20)/t9-/m0/s1. The zero-order valence-corrected chi connectivity index (χ0v) is 12.9. The van der Waals surface area contributed by atoms with Crippen molar-refractivity contribution < 1.29 is 9.59 Å². The monoisotopic (exact) mass is 311 g/mol. The maximum atomic E-state index is 12.7. The summed E-state index contributed by atoms with van der Waals surface area (Å²) in [4.78, 5) is 28.4. The number of fused-ring (bicyclic) bond motifs is 1. The minimum atomic E-state index is -0.260. The number of nitrogens with one attached hydrogen (secondary N) is 1. The Labute approximate surface area is 127 Å². The molecule has 1 N–H and O–H groups in total. The number of nitrogens with zero attached hydrogens (tertiary/aromatic N) is 4. The molecule has 0 aliphatic carbocycles. The van der Waals surface area contributed by atoms with Gasteiger partial charge in [0.25, 0.3) is 5.91 Å². The summed E-state index contributed by atoms with van der Waals surface area (Å²) in [5.74, 6) is -0.174. The number of carbonyl (C=O) groups is 2. The Morgan fingerprint density at radius 3 is 2.81 bits per heavy atom. The predicted molar refractivity (Wildman–Crippen MR) is 77.2 cm³/mol. The number of aryl methyl sites for hydroxylation is 2. The van der Waals surface area contributed by atoms with Gasteiger partial charge in [-0.15, -0.1) is 0 Å². The highest BCUT2D eigenvalue weighted by molar-refractivity contribution is 6.34. The van der Waals surface area contributed by atoms with Gasteiger partial charge in [0, 0.05) is 39.8 Å². The lowest BCUT2D eigenvalue weighted by Crippen LogP contribution is -2.64. The van der Waals surface area contributed by atoms with E-state index in [1.165, 1.54) is 4.68 Å². The fourth-order valence-corrected chi connectivity index (χ4v) is 3.22. The van der Waals surface area contributed by atoms with Crippen molar-refractivity contribution in [2.45, 2.75) is 13.0 Å². The molecule has 0 spiro atoms. The first kappa shape index (κ1) is 14.3. The van der Waals surface area contributed by atoms with Crippen molar-refractivity contribution in [3.8, 4) is 0 Å². The van der Waals surface area contributed by atoms with Crippen molar-refractivity contribution in [1.82, 2.24) is 24.9 Å². The van der Waals surface area contributed by atoms with Crippen LogP contribution in [0, 0.1) is 6.92 Å². The SMILES string of the molecule is Cc1nn(C)c(C(=O)N2CCN3CCNC(=O)[C@@H]3C2)c1Cl. The largest absolute Gasteiger partial charge is 0.353 e. The molecule has 0 unspecified atom stereocenters. The van der Waals surface area contributed by atoms with Crippen molar-refractivity contribution in [1.29, 1.82) is 0 Å². The molecular formula is C13H18ClN5O2. The molecule has 21 heavy (non-hydrogen) atoms. The van der Waals surface area contributed by atoms with E-state index in [0.29, 0.717) is 42.6 Å². The van der Waals surface area contributed by atoms with Gasteiger partial charge in [-0.2, -0.15) is 5.10 Å². The number of piperazine rings is 2. The zero-order chi connectivity index (χ0) is 15.1. The van der Waals surface area contributed by atoms with Gasteiger partial charge < -0.3 is 10.2 Å². The van der Waals surface area contributed by atoms with Gasteiger partial charge >= 0.3 is 0 Å². The lowest BCUT2D eigenvalue weighted by atomic mass is 10.1. The maximum Gasteiger partial charge on any atom is 0.273 e. The Hall–Kier alpha value is -1.60. The molecule has 2 aliphatic rings. The fraction of sp³-hybridized carbons (Fsp3) is 0.615. The van der Waals surface area contributed by atoms with Crippen LogP contribution in [0.4, 0.5) is 0 Å². The molecule has 1 aromatic rings. The zero-order valence-electron chi connectivity index (χ0n) is 12.1. The number of hydrogen-bond acceptors (Lipinski definition) is 4. The Morgan fingerprint density at radius 2 is 2.14 bits per heavy atom. The van der Waals surface area contributed by atoms with Gasteiger partial charge in [0.2, 0.25) is 5.91 Å². The van der Waals surface area contributed by atoms with Gasteiger partial charge in [0.05, 0.1) is 10.7 Å². The van der Waals surface area contributed by atoms with E-state index >= 15 is 0 Å². The average molecular weight is 312 g/mol. The topological polar surface area (TPSA) is 70.5 Å². The number of hydrogen-bond donors (Lipinski definition) is 1. The Kier molecular flexibility index (Phi) is 3.62. The van der Waals surface area contributed by atoms with Crippen molar-refractivity contribution in [3.05, 3.63) is 16.4 Å². The lowest BCUT2D eigenvalue weighted by molar-refractivity contribution is -0.131. The number of aromatic nitrogens is 2. The van der Waals surface area contributed by atoms with Gasteiger partial charge in [0.15, 0.2) is 0 Å². The highest BCUT2D eigenvalue weighted by Crippen LogP contribution is 2.22. The summed E-state index contributed by atoms with van der Waals surface area (Å²) in [6, 6.07) is -0.260. The first-order valence-corrected chi connectivity index (χ1v) is 7.37. The van der Waals surface area contributed by atoms with E-state index in [1.807, 2.05) is 0 Å². The molecule has 114 valence electrons. The quantitative estimate of drug-likeness (QED) is 0.769. The summed E-state index contributed by atoms with van der Waals surface area (Å²) in [6.45, 7) is 4.98. The van der Waals surface area contributed by atoms with E-state index in [2.05, 4.69) is 15.3 Å². The second-order valence-corrected chi connectivity index (χ2v) is 5.84. The Bertz CT molecular complexity index is 600. The molecule has 2 amide bonds. The number of amides is 2.